The first-order valence-electron chi connectivity index (χ1n) is 40.3. The summed E-state index contributed by atoms with van der Waals surface area (Å²) in [6.45, 7) is 2.80. The second-order valence-electron chi connectivity index (χ2n) is 30.6. The Kier molecular flexibility index (Phi) is 26.4. The summed E-state index contributed by atoms with van der Waals surface area (Å²) in [6.07, 6.45) is -8.99. The van der Waals surface area contributed by atoms with Gasteiger partial charge in [-0.1, -0.05) is 291 Å². The molecule has 6 fully saturated rings. The average molecular weight is 1570 g/mol. The van der Waals surface area contributed by atoms with Crippen LogP contribution in [0.2, 0.25) is 0 Å². The van der Waals surface area contributed by atoms with Crippen LogP contribution in [0.4, 0.5) is 0 Å². The van der Waals surface area contributed by atoms with Crippen LogP contribution in [0.5, 0.6) is 0 Å². The quantitative estimate of drug-likeness (QED) is 0.0556. The van der Waals surface area contributed by atoms with Gasteiger partial charge in [0.15, 0.2) is 0 Å². The molecule has 0 aromatic heterocycles. The summed E-state index contributed by atoms with van der Waals surface area (Å²) in [7, 11) is 0. The number of hydrogen-bond acceptors (Lipinski definition) is 20. The third kappa shape index (κ3) is 19.4. The van der Waals surface area contributed by atoms with Gasteiger partial charge in [-0.15, -0.1) is 0 Å². The molecule has 0 N–H and O–H groups in total. The first kappa shape index (κ1) is 79.8. The SMILES string of the molecule is c1ccc(CO[C@@H]2[C@H]3COCc4ccc(cc4)COC[C@H]4O[C@@]5(CO[C@]6(CO5)O[C@H](COCc5ccc(cc5)COC[C@H]5O[C@@]7(CO[C@@](CO7)(O3)[C@H]2OCc2ccccc2)[C@@H](OCc2ccccc2)[C@@H]5OCc2ccccc2)[C@@H](OCc2ccccc2)[C@@H]6OCc2ccccc2)[C@@H](OCc2ccccc2)[C@@H]4OCc2ccccc2)cc1. The molecule has 0 radical (unpaired) electrons. The van der Waals surface area contributed by atoms with Crippen LogP contribution in [0.25, 0.3) is 0 Å². The third-order valence-corrected chi connectivity index (χ3v) is 22.3. The molecule has 4 spiro atoms. The predicted octanol–water partition coefficient (Wildman–Crippen LogP) is 14.6. The van der Waals surface area contributed by atoms with E-state index in [9.17, 15) is 0 Å². The molecule has 13 heterocycles. The van der Waals surface area contributed by atoms with E-state index in [0.29, 0.717) is 0 Å². The van der Waals surface area contributed by atoms with Gasteiger partial charge in [-0.2, -0.15) is 0 Å². The van der Waals surface area contributed by atoms with E-state index in [1.807, 2.05) is 291 Å². The van der Waals surface area contributed by atoms with Gasteiger partial charge in [0, 0.05) is 0 Å². The molecule has 604 valence electrons. The maximum absolute atomic E-state index is 7.28. The minimum atomic E-state index is -1.52. The van der Waals surface area contributed by atoms with Gasteiger partial charge in [0.25, 0.3) is 0 Å². The second kappa shape index (κ2) is 38.4. The molecule has 10 aromatic rings. The summed E-state index contributed by atoms with van der Waals surface area (Å²) >= 11 is 0. The lowest BCUT2D eigenvalue weighted by Crippen LogP contribution is -2.63. The molecular formula is C96H100O20. The van der Waals surface area contributed by atoms with Crippen molar-refractivity contribution in [2.75, 3.05) is 52.9 Å². The van der Waals surface area contributed by atoms with Crippen LogP contribution in [0.1, 0.15) is 66.8 Å². The fraction of sp³-hybridized carbons (Fsp3) is 0.375. The number of hydrogen-bond donors (Lipinski definition) is 0. The van der Waals surface area contributed by atoms with Gasteiger partial charge < -0.3 is 94.7 Å². The van der Waals surface area contributed by atoms with Crippen LogP contribution < -0.4 is 0 Å². The molecule has 0 unspecified atom stereocenters. The molecule has 13 aliphatic rings. The van der Waals surface area contributed by atoms with E-state index in [2.05, 4.69) is 0 Å². The molecule has 20 heteroatoms. The van der Waals surface area contributed by atoms with Gasteiger partial charge in [0.2, 0.25) is 23.1 Å². The highest BCUT2D eigenvalue weighted by atomic mass is 16.8. The molecule has 20 nitrogen and oxygen atoms in total. The summed E-state index contributed by atoms with van der Waals surface area (Å²) in [5.41, 5.74) is 11.4. The summed E-state index contributed by atoms with van der Waals surface area (Å²) in [5, 5.41) is 0. The molecule has 23 rings (SSSR count). The lowest BCUT2D eigenvalue weighted by Gasteiger charge is -2.46. The zero-order valence-corrected chi connectivity index (χ0v) is 64.9. The normalized spacial score (nSPS) is 29.6. The molecule has 13 aliphatic heterocycles. The van der Waals surface area contributed by atoms with Gasteiger partial charge in [0.1, 0.15) is 99.7 Å². The van der Waals surface area contributed by atoms with Gasteiger partial charge in [-0.3, -0.25) is 0 Å². The summed E-state index contributed by atoms with van der Waals surface area (Å²) in [4.78, 5) is 0. The molecule has 10 aromatic carbocycles. The minimum Gasteiger partial charge on any atom is -0.374 e. The Balaban J connectivity index is 0.685. The summed E-state index contributed by atoms with van der Waals surface area (Å²) < 4.78 is 141. The first-order chi connectivity index (χ1) is 57.3. The third-order valence-electron chi connectivity index (χ3n) is 22.3. The molecule has 6 saturated heterocycles. The standard InChI is InChI=1S/C96H100O20/c1-9-25-69(26-10-1)53-101-85-81-61-97-49-77-41-43-78(44-42-77)50-99-63-83-87(103-55-71-29-13-3-14-30-71)91(107-59-75-37-21-7-22-38-75)95(115-83)67-112-96(68-111-95)92(108-60-76-39-23-8-24-40-76)88(104-56-72-31-15-4-16-32-72)84(116-96)64-100-52-80-47-45-79(46-48-80)51-98-62-82-86(102-54-70-27-11-2-12-28-70)90(106-58-74-35-19-6-20-36-74)94(114-82)66-109-93(113-81,65-110-94)89(85)105-57-73-33-17-5-18-34-73/h1-48,81-92H,49-68H2/t81-,82-,83-,84-,85-,86-,87-,88-,89+,90+,91+,92+,93-,94+,95+,96+/m1/s1. The maximum atomic E-state index is 7.28. The number of benzene rings is 10. The molecule has 0 amide bonds. The first-order valence-corrected chi connectivity index (χ1v) is 40.3. The zero-order valence-electron chi connectivity index (χ0n) is 64.9. The van der Waals surface area contributed by atoms with Crippen LogP contribution in [-0.2, 0) is 174 Å². The van der Waals surface area contributed by atoms with Crippen molar-refractivity contribution in [3.05, 3.63) is 358 Å². The van der Waals surface area contributed by atoms with Crippen molar-refractivity contribution < 1.29 is 94.7 Å². The van der Waals surface area contributed by atoms with Gasteiger partial charge in [-0.05, 0) is 66.8 Å². The van der Waals surface area contributed by atoms with Crippen molar-refractivity contribution in [1.29, 1.82) is 0 Å². The van der Waals surface area contributed by atoms with Crippen molar-refractivity contribution in [2.24, 2.45) is 0 Å². The largest absolute Gasteiger partial charge is 0.374 e. The van der Waals surface area contributed by atoms with Crippen LogP contribution in [-0.4, -0.2) is 149 Å². The maximum Gasteiger partial charge on any atom is 0.222 e. The van der Waals surface area contributed by atoms with E-state index in [1.165, 1.54) is 0 Å². The molecule has 12 bridgehead atoms. The Morgan fingerprint density at radius 1 is 0.207 bits per heavy atom. The fourth-order valence-corrected chi connectivity index (χ4v) is 16.3. The molecule has 0 aliphatic carbocycles. The van der Waals surface area contributed by atoms with E-state index >= 15 is 0 Å². The Hall–Kier alpha value is -8.60. The smallest absolute Gasteiger partial charge is 0.222 e. The fourth-order valence-electron chi connectivity index (χ4n) is 16.3. The number of ether oxygens (including phenoxy) is 20. The molecular weight excluding hydrogens is 1470 g/mol. The van der Waals surface area contributed by atoms with Crippen molar-refractivity contribution in [3.8, 4) is 0 Å². The number of rotatable bonds is 24. The molecule has 16 atom stereocenters. The zero-order chi connectivity index (χ0) is 78.1. The van der Waals surface area contributed by atoms with E-state index in [0.717, 1.165) is 66.8 Å². The molecule has 116 heavy (non-hydrogen) atoms. The minimum absolute atomic E-state index is 0.110. The van der Waals surface area contributed by atoms with Crippen LogP contribution in [0.15, 0.2) is 291 Å². The summed E-state index contributed by atoms with van der Waals surface area (Å²) in [6, 6.07) is 96.6. The van der Waals surface area contributed by atoms with Crippen molar-refractivity contribution >= 4 is 0 Å². The van der Waals surface area contributed by atoms with Crippen LogP contribution >= 0.6 is 0 Å². The Labute approximate surface area is 677 Å². The topological polar surface area (TPSA) is 185 Å². The van der Waals surface area contributed by atoms with Gasteiger partial charge >= 0.3 is 0 Å². The van der Waals surface area contributed by atoms with Crippen molar-refractivity contribution in [1.82, 2.24) is 0 Å². The molecule has 0 saturated carbocycles. The van der Waals surface area contributed by atoms with E-state index < -0.39 is 96.4 Å². The van der Waals surface area contributed by atoms with Gasteiger partial charge in [0.05, 0.1) is 106 Å². The summed E-state index contributed by atoms with van der Waals surface area (Å²) in [5.74, 6) is -6.08. The lowest BCUT2D eigenvalue weighted by atomic mass is 10.0. The lowest BCUT2D eigenvalue weighted by molar-refractivity contribution is -0.406. The Bertz CT molecular complexity index is 3980. The Morgan fingerprint density at radius 2 is 0.371 bits per heavy atom. The van der Waals surface area contributed by atoms with Gasteiger partial charge in [-0.25, -0.2) is 0 Å². The van der Waals surface area contributed by atoms with Crippen LogP contribution in [0.3, 0.4) is 0 Å². The highest BCUT2D eigenvalue weighted by molar-refractivity contribution is 5.26. The monoisotopic (exact) mass is 1570 g/mol. The van der Waals surface area contributed by atoms with Crippen LogP contribution in [0, 0.1) is 0 Å². The second-order valence-corrected chi connectivity index (χ2v) is 30.6. The van der Waals surface area contributed by atoms with E-state index in [-0.39, 0.29) is 132 Å². The van der Waals surface area contributed by atoms with E-state index in [1.54, 1.807) is 0 Å². The average Bonchev–Trinajstić information content (AvgIpc) is 1.58. The highest BCUT2D eigenvalue weighted by Crippen LogP contribution is 2.50. The van der Waals surface area contributed by atoms with E-state index in [4.69, 9.17) is 94.7 Å². The van der Waals surface area contributed by atoms with Crippen molar-refractivity contribution in [2.45, 2.75) is 176 Å². The Morgan fingerprint density at radius 3 is 0.534 bits per heavy atom. The predicted molar refractivity (Wildman–Crippen MR) is 426 cm³/mol. The highest BCUT2D eigenvalue weighted by Gasteiger charge is 2.69. The van der Waals surface area contributed by atoms with Crippen molar-refractivity contribution in [3.63, 3.8) is 0 Å².